The molecule has 0 atom stereocenters. The van der Waals surface area contributed by atoms with Crippen molar-refractivity contribution in [3.8, 4) is 11.5 Å². The van der Waals surface area contributed by atoms with Crippen molar-refractivity contribution in [1.29, 1.82) is 0 Å². The number of ether oxygens (including phenoxy) is 2. The molecule has 0 amide bonds. The van der Waals surface area contributed by atoms with Crippen LogP contribution in [0.1, 0.15) is 12.8 Å². The molecule has 0 saturated carbocycles. The molecule has 0 unspecified atom stereocenters. The van der Waals surface area contributed by atoms with Crippen LogP contribution in [0.2, 0.25) is 0 Å². The molecular weight excluding hydrogens is 368 g/mol. The third kappa shape index (κ3) is 4.11. The number of nitrogens with zero attached hydrogens (tertiary/aromatic N) is 2. The number of carbonyl (C=O) groups is 1. The van der Waals surface area contributed by atoms with E-state index >= 15 is 0 Å². The number of carbonyl (C=O) groups excluding carboxylic acids is 1. The van der Waals surface area contributed by atoms with E-state index in [0.717, 1.165) is 16.5 Å². The topological polar surface area (TPSA) is 70.4 Å². The van der Waals surface area contributed by atoms with Crippen LogP contribution < -0.4 is 15.0 Å². The summed E-state index contributed by atoms with van der Waals surface area (Å²) in [5.74, 6) is 0.893. The van der Waals surface area contributed by atoms with Gasteiger partial charge in [-0.3, -0.25) is 14.2 Å². The van der Waals surface area contributed by atoms with Crippen LogP contribution in [-0.2, 0) is 11.3 Å². The van der Waals surface area contributed by atoms with Gasteiger partial charge in [-0.05, 0) is 53.6 Å². The first-order valence-electron chi connectivity index (χ1n) is 9.37. The van der Waals surface area contributed by atoms with Crippen LogP contribution in [0, 0.1) is 0 Å². The molecule has 146 valence electrons. The fourth-order valence-electron chi connectivity index (χ4n) is 3.23. The molecule has 6 nitrogen and oxygen atoms in total. The SMILES string of the molecule is COc1ccc2ccc(OC(=O)CCCn3cnc4ccccc4c3=O)cc2c1. The van der Waals surface area contributed by atoms with Gasteiger partial charge < -0.3 is 9.47 Å². The fraction of sp³-hybridized carbons (Fsp3) is 0.174. The summed E-state index contributed by atoms with van der Waals surface area (Å²) in [7, 11) is 1.61. The number of hydrogen-bond donors (Lipinski definition) is 0. The molecule has 0 aliphatic rings. The minimum atomic E-state index is -0.339. The molecule has 0 aliphatic heterocycles. The highest BCUT2D eigenvalue weighted by atomic mass is 16.5. The van der Waals surface area contributed by atoms with Crippen molar-refractivity contribution in [3.63, 3.8) is 0 Å². The second-order valence-corrected chi connectivity index (χ2v) is 6.71. The number of esters is 1. The Morgan fingerprint density at radius 1 is 1.00 bits per heavy atom. The van der Waals surface area contributed by atoms with E-state index in [4.69, 9.17) is 9.47 Å². The van der Waals surface area contributed by atoms with Gasteiger partial charge in [-0.15, -0.1) is 0 Å². The molecule has 1 aromatic heterocycles. The Morgan fingerprint density at radius 3 is 2.59 bits per heavy atom. The van der Waals surface area contributed by atoms with E-state index in [1.165, 1.54) is 10.9 Å². The molecule has 3 aromatic carbocycles. The molecule has 0 radical (unpaired) electrons. The average molecular weight is 388 g/mol. The van der Waals surface area contributed by atoms with Crippen LogP contribution >= 0.6 is 0 Å². The highest BCUT2D eigenvalue weighted by Gasteiger charge is 2.08. The van der Waals surface area contributed by atoms with Crippen molar-refractivity contribution >= 4 is 27.6 Å². The van der Waals surface area contributed by atoms with E-state index in [-0.39, 0.29) is 17.9 Å². The highest BCUT2D eigenvalue weighted by molar-refractivity contribution is 5.86. The zero-order valence-corrected chi connectivity index (χ0v) is 16.0. The van der Waals surface area contributed by atoms with Crippen LogP contribution in [0.5, 0.6) is 11.5 Å². The number of benzene rings is 3. The summed E-state index contributed by atoms with van der Waals surface area (Å²) in [4.78, 5) is 29.0. The van der Waals surface area contributed by atoms with Gasteiger partial charge in [0.05, 0.1) is 24.3 Å². The normalized spacial score (nSPS) is 10.9. The first kappa shape index (κ1) is 18.7. The molecule has 0 bridgehead atoms. The number of aryl methyl sites for hydroxylation is 1. The lowest BCUT2D eigenvalue weighted by Crippen LogP contribution is -2.21. The molecule has 0 N–H and O–H groups in total. The van der Waals surface area contributed by atoms with E-state index in [1.54, 1.807) is 25.3 Å². The van der Waals surface area contributed by atoms with Gasteiger partial charge >= 0.3 is 5.97 Å². The van der Waals surface area contributed by atoms with E-state index < -0.39 is 0 Å². The zero-order valence-electron chi connectivity index (χ0n) is 16.0. The summed E-state index contributed by atoms with van der Waals surface area (Å²) < 4.78 is 12.2. The Labute approximate surface area is 167 Å². The van der Waals surface area contributed by atoms with Crippen LogP contribution in [0.4, 0.5) is 0 Å². The summed E-state index contributed by atoms with van der Waals surface area (Å²) in [6.07, 6.45) is 2.21. The summed E-state index contributed by atoms with van der Waals surface area (Å²) in [6, 6.07) is 18.4. The molecule has 0 saturated heterocycles. The second kappa shape index (κ2) is 8.14. The quantitative estimate of drug-likeness (QED) is 0.370. The molecule has 0 aliphatic carbocycles. The van der Waals surface area contributed by atoms with Crippen molar-refractivity contribution in [3.05, 3.63) is 77.3 Å². The van der Waals surface area contributed by atoms with Crippen molar-refractivity contribution in [1.82, 2.24) is 9.55 Å². The maximum atomic E-state index is 12.5. The minimum Gasteiger partial charge on any atom is -0.497 e. The third-order valence-corrected chi connectivity index (χ3v) is 4.76. The van der Waals surface area contributed by atoms with Gasteiger partial charge in [0.1, 0.15) is 11.5 Å². The van der Waals surface area contributed by atoms with Crippen LogP contribution in [-0.4, -0.2) is 22.6 Å². The predicted octanol–water partition coefficient (Wildman–Crippen LogP) is 3.94. The van der Waals surface area contributed by atoms with Crippen molar-refractivity contribution in [2.75, 3.05) is 7.11 Å². The first-order chi connectivity index (χ1) is 14.1. The van der Waals surface area contributed by atoms with Crippen molar-refractivity contribution in [2.24, 2.45) is 0 Å². The van der Waals surface area contributed by atoms with Crippen molar-refractivity contribution < 1.29 is 14.3 Å². The molecule has 1 heterocycles. The Balaban J connectivity index is 1.38. The number of hydrogen-bond acceptors (Lipinski definition) is 5. The Morgan fingerprint density at radius 2 is 1.76 bits per heavy atom. The zero-order chi connectivity index (χ0) is 20.2. The van der Waals surface area contributed by atoms with Gasteiger partial charge in [0.25, 0.3) is 5.56 Å². The lowest BCUT2D eigenvalue weighted by Gasteiger charge is -2.08. The molecular formula is C23H20N2O4. The smallest absolute Gasteiger partial charge is 0.311 e. The van der Waals surface area contributed by atoms with Gasteiger partial charge in [0, 0.05) is 13.0 Å². The molecule has 4 aromatic rings. The Bertz CT molecular complexity index is 1250. The predicted molar refractivity (Wildman–Crippen MR) is 111 cm³/mol. The summed E-state index contributed by atoms with van der Waals surface area (Å²) in [5, 5.41) is 2.54. The largest absolute Gasteiger partial charge is 0.497 e. The van der Waals surface area contributed by atoms with Gasteiger partial charge in [-0.2, -0.15) is 0 Å². The molecule has 29 heavy (non-hydrogen) atoms. The van der Waals surface area contributed by atoms with Gasteiger partial charge in [-0.25, -0.2) is 4.98 Å². The van der Waals surface area contributed by atoms with Gasteiger partial charge in [-0.1, -0.05) is 24.3 Å². The van der Waals surface area contributed by atoms with Gasteiger partial charge in [0.2, 0.25) is 0 Å². The minimum absolute atomic E-state index is 0.104. The summed E-state index contributed by atoms with van der Waals surface area (Å²) >= 11 is 0. The summed E-state index contributed by atoms with van der Waals surface area (Å²) in [5.41, 5.74) is 0.563. The maximum absolute atomic E-state index is 12.5. The van der Waals surface area contributed by atoms with Crippen LogP contribution in [0.25, 0.3) is 21.7 Å². The second-order valence-electron chi connectivity index (χ2n) is 6.71. The van der Waals surface area contributed by atoms with E-state index in [2.05, 4.69) is 4.98 Å². The molecule has 0 spiro atoms. The van der Waals surface area contributed by atoms with Crippen LogP contribution in [0.15, 0.2) is 71.8 Å². The Kier molecular flexibility index (Phi) is 5.24. The number of rotatable bonds is 6. The lowest BCUT2D eigenvalue weighted by atomic mass is 10.1. The number of fused-ring (bicyclic) bond motifs is 2. The van der Waals surface area contributed by atoms with Crippen LogP contribution in [0.3, 0.4) is 0 Å². The van der Waals surface area contributed by atoms with Crippen molar-refractivity contribution in [2.45, 2.75) is 19.4 Å². The van der Waals surface area contributed by atoms with E-state index in [1.807, 2.05) is 42.5 Å². The lowest BCUT2D eigenvalue weighted by molar-refractivity contribution is -0.134. The molecule has 4 rings (SSSR count). The standard InChI is InChI=1S/C23H20N2O4/c1-28-18-10-8-16-9-11-19(14-17(16)13-18)29-22(26)7-4-12-25-15-24-21-6-3-2-5-20(21)23(25)27/h2-3,5-6,8-11,13-15H,4,7,12H2,1H3. The molecule has 6 heteroatoms. The molecule has 0 fully saturated rings. The van der Waals surface area contributed by atoms with E-state index in [0.29, 0.717) is 29.6 Å². The number of aromatic nitrogens is 2. The van der Waals surface area contributed by atoms with Gasteiger partial charge in [0.15, 0.2) is 0 Å². The number of methoxy groups -OCH3 is 1. The number of para-hydroxylation sites is 1. The summed E-state index contributed by atoms with van der Waals surface area (Å²) in [6.45, 7) is 0.403. The monoisotopic (exact) mass is 388 g/mol. The fourth-order valence-corrected chi connectivity index (χ4v) is 3.23. The average Bonchev–Trinajstić information content (AvgIpc) is 2.75. The third-order valence-electron chi connectivity index (χ3n) is 4.76. The highest BCUT2D eigenvalue weighted by Crippen LogP contribution is 2.25. The Hall–Kier alpha value is -3.67. The first-order valence-corrected chi connectivity index (χ1v) is 9.37. The maximum Gasteiger partial charge on any atom is 0.311 e. The van der Waals surface area contributed by atoms with E-state index in [9.17, 15) is 9.59 Å².